The maximum absolute atomic E-state index is 11.4. The van der Waals surface area contributed by atoms with Gasteiger partial charge in [0.25, 0.3) is 5.69 Å². The lowest BCUT2D eigenvalue weighted by Gasteiger charge is -2.08. The summed E-state index contributed by atoms with van der Waals surface area (Å²) in [6.45, 7) is 1.35. The smallest absolute Gasteiger partial charge is 0.269 e. The summed E-state index contributed by atoms with van der Waals surface area (Å²) in [4.78, 5) is 23.4. The Labute approximate surface area is 111 Å². The van der Waals surface area contributed by atoms with Crippen molar-refractivity contribution in [1.29, 1.82) is 0 Å². The number of nitro benzene ring substituents is 1. The second-order valence-electron chi connectivity index (χ2n) is 4.28. The lowest BCUT2D eigenvalue weighted by molar-refractivity contribution is -0.384. The van der Waals surface area contributed by atoms with E-state index in [4.69, 9.17) is 0 Å². The topological polar surface area (TPSA) is 75.5 Å². The highest BCUT2D eigenvalue weighted by Crippen LogP contribution is 2.12. The molecule has 0 radical (unpaired) electrons. The Balaban J connectivity index is 2.47. The molecule has 0 spiro atoms. The van der Waals surface area contributed by atoms with Crippen LogP contribution in [0.25, 0.3) is 6.08 Å². The van der Waals surface area contributed by atoms with Crippen LogP contribution < -0.4 is 5.32 Å². The number of hydrogen-bond donors (Lipinski definition) is 1. The van der Waals surface area contributed by atoms with Crippen LogP contribution in [0.4, 0.5) is 5.69 Å². The van der Waals surface area contributed by atoms with Crippen molar-refractivity contribution in [1.82, 2.24) is 10.2 Å². The van der Waals surface area contributed by atoms with Crippen molar-refractivity contribution in [3.63, 3.8) is 0 Å². The van der Waals surface area contributed by atoms with Crippen LogP contribution in [0.2, 0.25) is 0 Å². The molecule has 0 heterocycles. The number of rotatable bonds is 6. The van der Waals surface area contributed by atoms with Gasteiger partial charge < -0.3 is 10.2 Å². The molecule has 0 aliphatic carbocycles. The largest absolute Gasteiger partial charge is 0.351 e. The van der Waals surface area contributed by atoms with Crippen molar-refractivity contribution < 1.29 is 9.72 Å². The number of hydrogen-bond acceptors (Lipinski definition) is 4. The molecule has 102 valence electrons. The summed E-state index contributed by atoms with van der Waals surface area (Å²) in [6.07, 6.45) is 3.03. The zero-order valence-electron chi connectivity index (χ0n) is 11.0. The van der Waals surface area contributed by atoms with Gasteiger partial charge in [0.2, 0.25) is 5.91 Å². The van der Waals surface area contributed by atoms with Crippen molar-refractivity contribution >= 4 is 17.7 Å². The number of likely N-dealkylation sites (N-methyl/N-ethyl adjacent to an activating group) is 1. The Morgan fingerprint density at radius 2 is 2.00 bits per heavy atom. The molecule has 0 unspecified atom stereocenters. The SMILES string of the molecule is CN(C)CCNC(=O)/C=C/c1ccc([N+](=O)[O-])cc1. The molecule has 1 N–H and O–H groups in total. The van der Waals surface area contributed by atoms with Crippen LogP contribution in [0, 0.1) is 10.1 Å². The van der Waals surface area contributed by atoms with Crippen LogP contribution in [0.3, 0.4) is 0 Å². The van der Waals surface area contributed by atoms with Gasteiger partial charge in [-0.3, -0.25) is 14.9 Å². The number of benzene rings is 1. The molecule has 0 aliphatic rings. The lowest BCUT2D eigenvalue weighted by atomic mass is 10.2. The first-order valence-corrected chi connectivity index (χ1v) is 5.84. The molecular formula is C13H17N3O3. The van der Waals surface area contributed by atoms with Gasteiger partial charge >= 0.3 is 0 Å². The van der Waals surface area contributed by atoms with Crippen LogP contribution in [-0.2, 0) is 4.79 Å². The maximum atomic E-state index is 11.4. The molecule has 1 rings (SSSR count). The van der Waals surface area contributed by atoms with Gasteiger partial charge in [-0.05, 0) is 37.9 Å². The quantitative estimate of drug-likeness (QED) is 0.476. The molecule has 1 aromatic carbocycles. The van der Waals surface area contributed by atoms with Crippen LogP contribution >= 0.6 is 0 Å². The molecular weight excluding hydrogens is 246 g/mol. The summed E-state index contributed by atoms with van der Waals surface area (Å²) >= 11 is 0. The third-order valence-corrected chi connectivity index (χ3v) is 2.39. The zero-order chi connectivity index (χ0) is 14.3. The molecule has 1 aromatic rings. The van der Waals surface area contributed by atoms with E-state index in [-0.39, 0.29) is 11.6 Å². The molecule has 6 heteroatoms. The van der Waals surface area contributed by atoms with Crippen molar-refractivity contribution in [2.75, 3.05) is 27.2 Å². The first kappa shape index (κ1) is 14.8. The van der Waals surface area contributed by atoms with E-state index in [9.17, 15) is 14.9 Å². The maximum Gasteiger partial charge on any atom is 0.269 e. The summed E-state index contributed by atoms with van der Waals surface area (Å²) in [6, 6.07) is 6.01. The van der Waals surface area contributed by atoms with E-state index < -0.39 is 4.92 Å². The van der Waals surface area contributed by atoms with Gasteiger partial charge in [-0.15, -0.1) is 0 Å². The Hall–Kier alpha value is -2.21. The number of nitrogens with one attached hydrogen (secondary N) is 1. The van der Waals surface area contributed by atoms with Crippen LogP contribution in [0.5, 0.6) is 0 Å². The molecule has 0 saturated heterocycles. The van der Waals surface area contributed by atoms with E-state index in [1.165, 1.54) is 18.2 Å². The second-order valence-corrected chi connectivity index (χ2v) is 4.28. The Bertz CT molecular complexity index is 467. The van der Waals surface area contributed by atoms with Crippen molar-refractivity contribution in [2.24, 2.45) is 0 Å². The standard InChI is InChI=1S/C13H17N3O3/c1-15(2)10-9-14-13(17)8-5-11-3-6-12(7-4-11)16(18)19/h3-8H,9-10H2,1-2H3,(H,14,17)/b8-5+. The molecule has 19 heavy (non-hydrogen) atoms. The fourth-order valence-corrected chi connectivity index (χ4v) is 1.34. The summed E-state index contributed by atoms with van der Waals surface area (Å²) in [5.74, 6) is -0.180. The molecule has 0 aromatic heterocycles. The van der Waals surface area contributed by atoms with Crippen molar-refractivity contribution in [3.8, 4) is 0 Å². The van der Waals surface area contributed by atoms with Gasteiger partial charge in [0.1, 0.15) is 0 Å². The van der Waals surface area contributed by atoms with E-state index in [1.807, 2.05) is 19.0 Å². The van der Waals surface area contributed by atoms with Gasteiger partial charge in [-0.1, -0.05) is 0 Å². The van der Waals surface area contributed by atoms with E-state index in [0.717, 1.165) is 12.1 Å². The molecule has 6 nitrogen and oxygen atoms in total. The fourth-order valence-electron chi connectivity index (χ4n) is 1.34. The summed E-state index contributed by atoms with van der Waals surface area (Å²) in [7, 11) is 3.86. The number of nitro groups is 1. The van der Waals surface area contributed by atoms with E-state index in [1.54, 1.807) is 18.2 Å². The lowest BCUT2D eigenvalue weighted by Crippen LogP contribution is -2.30. The van der Waals surface area contributed by atoms with Gasteiger partial charge in [0, 0.05) is 31.3 Å². The monoisotopic (exact) mass is 263 g/mol. The third-order valence-electron chi connectivity index (χ3n) is 2.39. The number of carbonyl (C=O) groups is 1. The summed E-state index contributed by atoms with van der Waals surface area (Å²) < 4.78 is 0. The Morgan fingerprint density at radius 1 is 1.37 bits per heavy atom. The van der Waals surface area contributed by atoms with Gasteiger partial charge in [0.15, 0.2) is 0 Å². The first-order valence-electron chi connectivity index (χ1n) is 5.84. The number of nitrogens with zero attached hydrogens (tertiary/aromatic N) is 2. The van der Waals surface area contributed by atoms with E-state index >= 15 is 0 Å². The number of non-ortho nitro benzene ring substituents is 1. The van der Waals surface area contributed by atoms with E-state index in [0.29, 0.717) is 6.54 Å². The van der Waals surface area contributed by atoms with Crippen molar-refractivity contribution in [2.45, 2.75) is 0 Å². The molecule has 0 aliphatic heterocycles. The molecule has 0 saturated carbocycles. The van der Waals surface area contributed by atoms with Gasteiger partial charge in [0.05, 0.1) is 4.92 Å². The van der Waals surface area contributed by atoms with Crippen LogP contribution in [-0.4, -0.2) is 42.9 Å². The average Bonchev–Trinajstić information content (AvgIpc) is 2.36. The minimum Gasteiger partial charge on any atom is -0.351 e. The predicted octanol–water partition coefficient (Wildman–Crippen LogP) is 1.29. The highest BCUT2D eigenvalue weighted by Gasteiger charge is 2.02. The van der Waals surface area contributed by atoms with Gasteiger partial charge in [-0.2, -0.15) is 0 Å². The second kappa shape index (κ2) is 7.27. The van der Waals surface area contributed by atoms with Gasteiger partial charge in [-0.25, -0.2) is 0 Å². The molecule has 0 bridgehead atoms. The highest BCUT2D eigenvalue weighted by molar-refractivity contribution is 5.91. The Morgan fingerprint density at radius 3 is 2.53 bits per heavy atom. The normalized spacial score (nSPS) is 10.9. The number of amides is 1. The summed E-state index contributed by atoms with van der Waals surface area (Å²) in [5, 5.41) is 13.2. The predicted molar refractivity (Wildman–Crippen MR) is 73.7 cm³/mol. The summed E-state index contributed by atoms with van der Waals surface area (Å²) in [5.41, 5.74) is 0.779. The van der Waals surface area contributed by atoms with E-state index in [2.05, 4.69) is 5.32 Å². The third kappa shape index (κ3) is 5.78. The van der Waals surface area contributed by atoms with Crippen LogP contribution in [0.1, 0.15) is 5.56 Å². The molecule has 0 fully saturated rings. The average molecular weight is 263 g/mol. The minimum atomic E-state index is -0.457. The first-order chi connectivity index (χ1) is 8.99. The zero-order valence-corrected chi connectivity index (χ0v) is 11.0. The minimum absolute atomic E-state index is 0.0348. The molecule has 1 amide bonds. The highest BCUT2D eigenvalue weighted by atomic mass is 16.6. The molecule has 0 atom stereocenters. The Kier molecular flexibility index (Phi) is 5.69. The number of carbonyl (C=O) groups excluding carboxylic acids is 1. The van der Waals surface area contributed by atoms with Crippen molar-refractivity contribution in [3.05, 3.63) is 46.0 Å². The fraction of sp³-hybridized carbons (Fsp3) is 0.308. The van der Waals surface area contributed by atoms with Crippen LogP contribution in [0.15, 0.2) is 30.3 Å².